The number of nitrogens with one attached hydrogen (secondary N) is 1. The first-order valence-corrected chi connectivity index (χ1v) is 9.16. The Hall–Kier alpha value is -1.07. The predicted octanol–water partition coefficient (Wildman–Crippen LogP) is 2.48. The molecule has 0 radical (unpaired) electrons. The van der Waals surface area contributed by atoms with Crippen LogP contribution in [0.4, 0.5) is 5.82 Å². The molecule has 1 aliphatic carbocycles. The number of nitrogens with zero attached hydrogens (tertiary/aromatic N) is 3. The molecule has 2 aliphatic rings. The van der Waals surface area contributed by atoms with Gasteiger partial charge in [-0.2, -0.15) is 5.10 Å². The molecule has 0 bridgehead atoms. The average Bonchev–Trinajstić information content (AvgIpc) is 2.83. The number of hydrogen-bond acceptors (Lipinski definition) is 4. The van der Waals surface area contributed by atoms with E-state index in [-0.39, 0.29) is 0 Å². The van der Waals surface area contributed by atoms with E-state index < -0.39 is 0 Å². The summed E-state index contributed by atoms with van der Waals surface area (Å²) in [4.78, 5) is 2.42. The third-order valence-electron chi connectivity index (χ3n) is 5.87. The van der Waals surface area contributed by atoms with Crippen molar-refractivity contribution >= 4 is 5.82 Å². The number of ether oxygens (including phenoxy) is 1. The first-order valence-electron chi connectivity index (χ1n) is 9.16. The van der Waals surface area contributed by atoms with Crippen LogP contribution in [0.25, 0.3) is 0 Å². The van der Waals surface area contributed by atoms with Crippen LogP contribution in [-0.4, -0.2) is 42.1 Å². The summed E-state index contributed by atoms with van der Waals surface area (Å²) >= 11 is 0. The van der Waals surface area contributed by atoms with Crippen molar-refractivity contribution in [1.82, 2.24) is 15.1 Å². The highest BCUT2D eigenvalue weighted by Crippen LogP contribution is 2.30. The summed E-state index contributed by atoms with van der Waals surface area (Å²) in [7, 11) is 2.06. The molecule has 3 rings (SSSR count). The maximum atomic E-state index is 5.50. The topological polar surface area (TPSA) is 42.3 Å². The molecule has 1 N–H and O–H groups in total. The van der Waals surface area contributed by atoms with Crippen molar-refractivity contribution in [2.24, 2.45) is 18.9 Å². The second-order valence-corrected chi connectivity index (χ2v) is 7.37. The second kappa shape index (κ2) is 7.22. The molecule has 5 heteroatoms. The second-order valence-electron chi connectivity index (χ2n) is 7.37. The van der Waals surface area contributed by atoms with Gasteiger partial charge in [0.15, 0.2) is 0 Å². The van der Waals surface area contributed by atoms with Crippen molar-refractivity contribution in [2.45, 2.75) is 52.6 Å². The first kappa shape index (κ1) is 16.8. The van der Waals surface area contributed by atoms with Crippen molar-refractivity contribution < 1.29 is 4.74 Å². The maximum Gasteiger partial charge on any atom is 0.131 e. The summed E-state index contributed by atoms with van der Waals surface area (Å²) < 4.78 is 7.55. The molecule has 2 heterocycles. The van der Waals surface area contributed by atoms with Gasteiger partial charge in [-0.25, -0.2) is 0 Å². The van der Waals surface area contributed by atoms with Gasteiger partial charge in [0.25, 0.3) is 0 Å². The van der Waals surface area contributed by atoms with E-state index in [1.54, 1.807) is 0 Å². The van der Waals surface area contributed by atoms with Crippen molar-refractivity contribution in [2.75, 3.05) is 31.2 Å². The lowest BCUT2D eigenvalue weighted by atomic mass is 9.78. The van der Waals surface area contributed by atoms with Gasteiger partial charge in [0.1, 0.15) is 5.82 Å². The van der Waals surface area contributed by atoms with E-state index >= 15 is 0 Å². The molecule has 1 saturated carbocycles. The van der Waals surface area contributed by atoms with E-state index in [4.69, 9.17) is 4.74 Å². The SMILES string of the molecule is Cc1nn(C)c(N2CCOCC2)c1CNC1CCCC(C)C1C. The Morgan fingerprint density at radius 2 is 1.96 bits per heavy atom. The molecular weight excluding hydrogens is 288 g/mol. The maximum absolute atomic E-state index is 5.50. The smallest absolute Gasteiger partial charge is 0.131 e. The standard InChI is InChI=1S/C18H32N4O/c1-13-6-5-7-17(14(13)2)19-12-16-15(3)20-21(4)18(16)22-8-10-23-11-9-22/h13-14,17,19H,5-12H2,1-4H3. The highest BCUT2D eigenvalue weighted by atomic mass is 16.5. The lowest BCUT2D eigenvalue weighted by Crippen LogP contribution is -2.41. The zero-order chi connectivity index (χ0) is 16.4. The van der Waals surface area contributed by atoms with Crippen LogP contribution in [0, 0.1) is 18.8 Å². The number of morpholine rings is 1. The van der Waals surface area contributed by atoms with Gasteiger partial charge in [-0.3, -0.25) is 4.68 Å². The zero-order valence-electron chi connectivity index (χ0n) is 15.1. The molecular formula is C18H32N4O. The fourth-order valence-electron chi connectivity index (χ4n) is 4.17. The first-order chi connectivity index (χ1) is 11.1. The highest BCUT2D eigenvalue weighted by molar-refractivity contribution is 5.50. The van der Waals surface area contributed by atoms with Gasteiger partial charge in [0.2, 0.25) is 0 Å². The monoisotopic (exact) mass is 320 g/mol. The Kier molecular flexibility index (Phi) is 5.27. The van der Waals surface area contributed by atoms with Gasteiger partial charge >= 0.3 is 0 Å². The van der Waals surface area contributed by atoms with E-state index in [0.717, 1.165) is 50.4 Å². The van der Waals surface area contributed by atoms with Crippen LogP contribution in [0.5, 0.6) is 0 Å². The highest BCUT2D eigenvalue weighted by Gasteiger charge is 2.28. The van der Waals surface area contributed by atoms with Gasteiger partial charge in [-0.1, -0.05) is 26.7 Å². The van der Waals surface area contributed by atoms with E-state index in [2.05, 4.69) is 43.1 Å². The third kappa shape index (κ3) is 3.56. The number of aryl methyl sites for hydroxylation is 2. The van der Waals surface area contributed by atoms with E-state index in [1.807, 2.05) is 4.68 Å². The number of rotatable bonds is 4. The summed E-state index contributed by atoms with van der Waals surface area (Å²) in [6, 6.07) is 0.635. The summed E-state index contributed by atoms with van der Waals surface area (Å²) in [6.07, 6.45) is 4.04. The quantitative estimate of drug-likeness (QED) is 0.925. The minimum absolute atomic E-state index is 0.635. The van der Waals surface area contributed by atoms with Crippen molar-refractivity contribution in [3.05, 3.63) is 11.3 Å². The van der Waals surface area contributed by atoms with Crippen molar-refractivity contribution in [3.63, 3.8) is 0 Å². The largest absolute Gasteiger partial charge is 0.378 e. The summed E-state index contributed by atoms with van der Waals surface area (Å²) in [5.41, 5.74) is 2.51. The number of anilines is 1. The van der Waals surface area contributed by atoms with Crippen LogP contribution in [0.15, 0.2) is 0 Å². The van der Waals surface area contributed by atoms with E-state index in [0.29, 0.717) is 6.04 Å². The molecule has 0 amide bonds. The van der Waals surface area contributed by atoms with Gasteiger partial charge in [0.05, 0.1) is 18.9 Å². The Morgan fingerprint density at radius 1 is 1.22 bits per heavy atom. The molecule has 130 valence electrons. The van der Waals surface area contributed by atoms with Gasteiger partial charge in [-0.15, -0.1) is 0 Å². The van der Waals surface area contributed by atoms with E-state index in [1.165, 1.54) is 30.6 Å². The van der Waals surface area contributed by atoms with Crippen LogP contribution in [0.2, 0.25) is 0 Å². The van der Waals surface area contributed by atoms with Gasteiger partial charge in [0, 0.05) is 38.3 Å². The normalized spacial score (nSPS) is 29.0. The molecule has 0 aromatic carbocycles. The minimum atomic E-state index is 0.635. The molecule has 1 saturated heterocycles. The molecule has 1 aromatic heterocycles. The van der Waals surface area contributed by atoms with Crippen LogP contribution in [0.3, 0.4) is 0 Å². The zero-order valence-corrected chi connectivity index (χ0v) is 15.1. The van der Waals surface area contributed by atoms with Crippen molar-refractivity contribution in [3.8, 4) is 0 Å². The van der Waals surface area contributed by atoms with Crippen LogP contribution >= 0.6 is 0 Å². The summed E-state index contributed by atoms with van der Waals surface area (Å²) in [6.45, 7) is 11.4. The lowest BCUT2D eigenvalue weighted by Gasteiger charge is -2.35. The molecule has 2 fully saturated rings. The minimum Gasteiger partial charge on any atom is -0.378 e. The van der Waals surface area contributed by atoms with Gasteiger partial charge < -0.3 is 15.0 Å². The Morgan fingerprint density at radius 3 is 2.70 bits per heavy atom. The molecule has 3 unspecified atom stereocenters. The van der Waals surface area contributed by atoms with Crippen LogP contribution in [-0.2, 0) is 18.3 Å². The van der Waals surface area contributed by atoms with E-state index in [9.17, 15) is 0 Å². The average molecular weight is 320 g/mol. The molecule has 1 aromatic rings. The Labute approximate surface area is 140 Å². The number of aromatic nitrogens is 2. The molecule has 1 aliphatic heterocycles. The molecule has 0 spiro atoms. The fourth-order valence-corrected chi connectivity index (χ4v) is 4.17. The van der Waals surface area contributed by atoms with Crippen LogP contribution in [0.1, 0.15) is 44.4 Å². The predicted molar refractivity (Wildman–Crippen MR) is 93.8 cm³/mol. The number of hydrogen-bond donors (Lipinski definition) is 1. The summed E-state index contributed by atoms with van der Waals surface area (Å²) in [5.74, 6) is 2.86. The Balaban J connectivity index is 1.72. The lowest BCUT2D eigenvalue weighted by molar-refractivity contribution is 0.122. The van der Waals surface area contributed by atoms with Crippen LogP contribution < -0.4 is 10.2 Å². The molecule has 3 atom stereocenters. The molecule has 5 nitrogen and oxygen atoms in total. The molecule has 23 heavy (non-hydrogen) atoms. The Bertz CT molecular complexity index is 521. The summed E-state index contributed by atoms with van der Waals surface area (Å²) in [5, 5.41) is 8.52. The van der Waals surface area contributed by atoms with Crippen molar-refractivity contribution in [1.29, 1.82) is 0 Å². The third-order valence-corrected chi connectivity index (χ3v) is 5.87. The fraction of sp³-hybridized carbons (Fsp3) is 0.833. The van der Waals surface area contributed by atoms with Gasteiger partial charge in [-0.05, 0) is 25.2 Å².